The van der Waals surface area contributed by atoms with Crippen LogP contribution < -0.4 is 0 Å². The van der Waals surface area contributed by atoms with Gasteiger partial charge in [-0.25, -0.2) is 4.79 Å². The highest BCUT2D eigenvalue weighted by atomic mass is 32.2. The Labute approximate surface area is 150 Å². The quantitative estimate of drug-likeness (QED) is 0.682. The summed E-state index contributed by atoms with van der Waals surface area (Å²) in [5, 5.41) is 0. The van der Waals surface area contributed by atoms with E-state index in [0.29, 0.717) is 25.1 Å². The number of hydrogen-bond acceptors (Lipinski definition) is 6. The summed E-state index contributed by atoms with van der Waals surface area (Å²) in [6.45, 7) is 10.2. The molecule has 7 nitrogen and oxygen atoms in total. The molecule has 1 amide bonds. The molecule has 0 atom stereocenters. The molecule has 1 saturated heterocycles. The molecule has 3 saturated carbocycles. The van der Waals surface area contributed by atoms with E-state index in [1.807, 2.05) is 20.8 Å². The maximum absolute atomic E-state index is 12.1. The van der Waals surface area contributed by atoms with E-state index < -0.39 is 15.7 Å². The molecule has 4 fully saturated rings. The second kappa shape index (κ2) is 6.09. The Morgan fingerprint density at radius 3 is 2.08 bits per heavy atom. The number of amides is 1. The summed E-state index contributed by atoms with van der Waals surface area (Å²) < 4.78 is 32.7. The summed E-state index contributed by atoms with van der Waals surface area (Å²) in [4.78, 5) is 16.3. The highest BCUT2D eigenvalue weighted by molar-refractivity contribution is 7.85. The monoisotopic (exact) mass is 374 g/mol. The van der Waals surface area contributed by atoms with E-state index in [2.05, 4.69) is 4.90 Å². The molecule has 0 aromatic rings. The van der Waals surface area contributed by atoms with Crippen LogP contribution in [0.2, 0.25) is 0 Å². The van der Waals surface area contributed by atoms with Crippen molar-refractivity contribution >= 4 is 16.2 Å². The summed E-state index contributed by atoms with van der Waals surface area (Å²) in [6, 6.07) is 0. The van der Waals surface area contributed by atoms with Gasteiger partial charge in [-0.1, -0.05) is 0 Å². The molecule has 0 spiro atoms. The SMILES string of the molecule is CC(C)(C)OC(=O)N1CCN(CC23CC(COS(C)(=O)=O)(C2)C3)CC1. The Bertz CT molecular complexity index is 612. The molecule has 0 radical (unpaired) electrons. The Balaban J connectivity index is 1.38. The van der Waals surface area contributed by atoms with E-state index in [4.69, 9.17) is 8.92 Å². The number of carbonyl (C=O) groups is 1. The number of hydrogen-bond donors (Lipinski definition) is 0. The second-order valence-corrected chi connectivity index (χ2v) is 10.9. The maximum Gasteiger partial charge on any atom is 0.410 e. The second-order valence-electron chi connectivity index (χ2n) is 9.24. The normalized spacial score (nSPS) is 32.7. The van der Waals surface area contributed by atoms with Crippen LogP contribution in [0.3, 0.4) is 0 Å². The molecule has 1 heterocycles. The Morgan fingerprint density at radius 2 is 1.60 bits per heavy atom. The third-order valence-electron chi connectivity index (χ3n) is 5.41. The third kappa shape index (κ3) is 4.46. The zero-order chi connectivity index (χ0) is 18.5. The van der Waals surface area contributed by atoms with Crippen molar-refractivity contribution in [2.45, 2.75) is 45.6 Å². The van der Waals surface area contributed by atoms with E-state index in [9.17, 15) is 13.2 Å². The molecule has 2 bridgehead atoms. The third-order valence-corrected chi connectivity index (χ3v) is 5.96. The fourth-order valence-corrected chi connectivity index (χ4v) is 5.14. The Kier molecular flexibility index (Phi) is 4.61. The van der Waals surface area contributed by atoms with Gasteiger partial charge in [0.2, 0.25) is 0 Å². The molecule has 25 heavy (non-hydrogen) atoms. The van der Waals surface area contributed by atoms with Crippen LogP contribution in [0.5, 0.6) is 0 Å². The first-order valence-electron chi connectivity index (χ1n) is 8.94. The van der Waals surface area contributed by atoms with Crippen LogP contribution in [0.4, 0.5) is 4.79 Å². The van der Waals surface area contributed by atoms with Crippen LogP contribution in [-0.4, -0.2) is 75.5 Å². The molecule has 4 aliphatic rings. The average Bonchev–Trinajstić information content (AvgIpc) is 2.37. The van der Waals surface area contributed by atoms with Crippen LogP contribution in [0.1, 0.15) is 40.0 Å². The van der Waals surface area contributed by atoms with Gasteiger partial charge in [-0.3, -0.25) is 9.08 Å². The number of piperazine rings is 1. The summed E-state index contributed by atoms with van der Waals surface area (Å²) in [7, 11) is -3.34. The lowest BCUT2D eigenvalue weighted by Gasteiger charge is -2.71. The van der Waals surface area contributed by atoms with Crippen LogP contribution in [0.15, 0.2) is 0 Å². The average molecular weight is 375 g/mol. The molecule has 0 aromatic carbocycles. The van der Waals surface area contributed by atoms with Crippen LogP contribution in [0.25, 0.3) is 0 Å². The van der Waals surface area contributed by atoms with Crippen molar-refractivity contribution in [1.29, 1.82) is 0 Å². The van der Waals surface area contributed by atoms with Gasteiger partial charge < -0.3 is 9.64 Å². The first-order chi connectivity index (χ1) is 11.4. The van der Waals surface area contributed by atoms with Gasteiger partial charge in [0.1, 0.15) is 5.60 Å². The zero-order valence-corrected chi connectivity index (χ0v) is 16.5. The number of rotatable bonds is 5. The minimum absolute atomic E-state index is 0.0986. The van der Waals surface area contributed by atoms with E-state index in [-0.39, 0.29) is 11.5 Å². The van der Waals surface area contributed by atoms with Crippen molar-refractivity contribution in [1.82, 2.24) is 9.80 Å². The molecular weight excluding hydrogens is 344 g/mol. The highest BCUT2D eigenvalue weighted by Crippen LogP contribution is 2.73. The van der Waals surface area contributed by atoms with Gasteiger partial charge in [-0.2, -0.15) is 8.42 Å². The fraction of sp³-hybridized carbons (Fsp3) is 0.941. The van der Waals surface area contributed by atoms with Crippen molar-refractivity contribution in [3.8, 4) is 0 Å². The summed E-state index contributed by atoms with van der Waals surface area (Å²) in [5.74, 6) is 0. The molecule has 8 heteroatoms. The molecule has 4 rings (SSSR count). The summed E-state index contributed by atoms with van der Waals surface area (Å²) in [5.41, 5.74) is -0.0151. The largest absolute Gasteiger partial charge is 0.444 e. The molecule has 1 aliphatic heterocycles. The van der Waals surface area contributed by atoms with Gasteiger partial charge in [0.25, 0.3) is 10.1 Å². The van der Waals surface area contributed by atoms with Crippen molar-refractivity contribution in [3.63, 3.8) is 0 Å². The lowest BCUT2D eigenvalue weighted by Crippen LogP contribution is -2.68. The zero-order valence-electron chi connectivity index (χ0n) is 15.7. The lowest BCUT2D eigenvalue weighted by atomic mass is 9.35. The minimum Gasteiger partial charge on any atom is -0.444 e. The van der Waals surface area contributed by atoms with Gasteiger partial charge in [-0.05, 0) is 50.9 Å². The first-order valence-corrected chi connectivity index (χ1v) is 10.8. The summed E-state index contributed by atoms with van der Waals surface area (Å²) >= 11 is 0. The molecule has 144 valence electrons. The number of carbonyl (C=O) groups excluding carboxylic acids is 1. The maximum atomic E-state index is 12.1. The van der Waals surface area contributed by atoms with Gasteiger partial charge in [-0.15, -0.1) is 0 Å². The molecule has 0 unspecified atom stereocenters. The van der Waals surface area contributed by atoms with Crippen molar-refractivity contribution in [2.75, 3.05) is 45.6 Å². The predicted molar refractivity (Wildman–Crippen MR) is 93.8 cm³/mol. The lowest BCUT2D eigenvalue weighted by molar-refractivity contribution is -0.227. The van der Waals surface area contributed by atoms with E-state index in [0.717, 1.165) is 45.2 Å². The van der Waals surface area contributed by atoms with Gasteiger partial charge >= 0.3 is 6.09 Å². The molecular formula is C17H30N2O5S. The van der Waals surface area contributed by atoms with E-state index in [1.165, 1.54) is 0 Å². The highest BCUT2D eigenvalue weighted by Gasteiger charge is 2.67. The van der Waals surface area contributed by atoms with Crippen LogP contribution in [0, 0.1) is 10.8 Å². The first kappa shape index (κ1) is 18.9. The smallest absolute Gasteiger partial charge is 0.410 e. The Morgan fingerprint density at radius 1 is 1.04 bits per heavy atom. The topological polar surface area (TPSA) is 76.2 Å². The van der Waals surface area contributed by atoms with Crippen LogP contribution >= 0.6 is 0 Å². The molecule has 0 N–H and O–H groups in total. The Hall–Kier alpha value is -0.860. The van der Waals surface area contributed by atoms with Gasteiger partial charge in [0.05, 0.1) is 12.9 Å². The van der Waals surface area contributed by atoms with Gasteiger partial charge in [0.15, 0.2) is 0 Å². The summed E-state index contributed by atoms with van der Waals surface area (Å²) in [6.07, 6.45) is 4.05. The van der Waals surface area contributed by atoms with Crippen molar-refractivity contribution in [2.24, 2.45) is 10.8 Å². The number of ether oxygens (including phenoxy) is 1. The standard InChI is InChI=1S/C17H30N2O5S/c1-15(2,3)24-14(20)19-7-5-18(6-8-19)12-16-9-17(10-16,11-16)13-23-25(4,21)22/h5-13H2,1-4H3. The predicted octanol–water partition coefficient (Wildman–Crippen LogP) is 1.69. The van der Waals surface area contributed by atoms with Crippen LogP contribution in [-0.2, 0) is 19.0 Å². The number of nitrogens with zero attached hydrogens (tertiary/aromatic N) is 2. The van der Waals surface area contributed by atoms with E-state index in [1.54, 1.807) is 4.90 Å². The fourth-order valence-electron chi connectivity index (χ4n) is 4.67. The van der Waals surface area contributed by atoms with Crippen molar-refractivity contribution in [3.05, 3.63) is 0 Å². The molecule has 3 aliphatic carbocycles. The van der Waals surface area contributed by atoms with E-state index >= 15 is 0 Å². The van der Waals surface area contributed by atoms with Crippen molar-refractivity contribution < 1.29 is 22.1 Å². The minimum atomic E-state index is -3.34. The molecule has 0 aromatic heterocycles. The van der Waals surface area contributed by atoms with Gasteiger partial charge in [0, 0.05) is 32.7 Å².